The number of unbranched alkanes of at least 4 members (excludes halogenated alkanes) is 1. The lowest BCUT2D eigenvalue weighted by Crippen LogP contribution is -2.29. The van der Waals surface area contributed by atoms with Crippen molar-refractivity contribution < 1.29 is 9.90 Å². The van der Waals surface area contributed by atoms with Gasteiger partial charge in [0.15, 0.2) is 0 Å². The van der Waals surface area contributed by atoms with Crippen LogP contribution in [0, 0.1) is 6.92 Å². The summed E-state index contributed by atoms with van der Waals surface area (Å²) in [4.78, 5) is 10.9. The summed E-state index contributed by atoms with van der Waals surface area (Å²) in [5, 5.41) is 20.9. The van der Waals surface area contributed by atoms with Crippen LogP contribution in [0.2, 0.25) is 0 Å². The molecular weight excluding hydrogens is 214 g/mol. The lowest BCUT2D eigenvalue weighted by Gasteiger charge is -2.11. The third-order valence-electron chi connectivity index (χ3n) is 1.97. The Morgan fingerprint density at radius 3 is 2.80 bits per heavy atom. The Morgan fingerprint density at radius 2 is 2.33 bits per heavy atom. The minimum atomic E-state index is -0.837. The molecule has 84 valence electrons. The van der Waals surface area contributed by atoms with Gasteiger partial charge >= 0.3 is 5.97 Å². The molecule has 0 spiro atoms. The predicted octanol–water partition coefficient (Wildman–Crippen LogP) is 1.90. The molecule has 0 aliphatic heterocycles. The van der Waals surface area contributed by atoms with Crippen LogP contribution in [0.3, 0.4) is 0 Å². The number of nitrogens with zero attached hydrogens (tertiary/aromatic N) is 2. The molecule has 0 radical (unpaired) electrons. The molecule has 0 amide bonds. The number of anilines is 1. The summed E-state index contributed by atoms with van der Waals surface area (Å²) in [6.07, 6.45) is 2.49. The van der Waals surface area contributed by atoms with Crippen molar-refractivity contribution >= 4 is 22.4 Å². The van der Waals surface area contributed by atoms with Gasteiger partial charge in [0.05, 0.1) is 0 Å². The highest BCUT2D eigenvalue weighted by atomic mass is 32.1. The number of hydrogen-bond donors (Lipinski definition) is 2. The van der Waals surface area contributed by atoms with Gasteiger partial charge in [-0.1, -0.05) is 31.1 Å². The van der Waals surface area contributed by atoms with Crippen molar-refractivity contribution in [3.63, 3.8) is 0 Å². The van der Waals surface area contributed by atoms with Gasteiger partial charge in [-0.2, -0.15) is 0 Å². The van der Waals surface area contributed by atoms with E-state index in [0.29, 0.717) is 11.6 Å². The van der Waals surface area contributed by atoms with E-state index in [-0.39, 0.29) is 0 Å². The average Bonchev–Trinajstić information content (AvgIpc) is 2.58. The van der Waals surface area contributed by atoms with Gasteiger partial charge in [0.2, 0.25) is 5.13 Å². The highest BCUT2D eigenvalue weighted by molar-refractivity contribution is 7.15. The number of aryl methyl sites for hydroxylation is 1. The van der Waals surface area contributed by atoms with E-state index in [1.807, 2.05) is 13.8 Å². The highest BCUT2D eigenvalue weighted by Crippen LogP contribution is 2.16. The second kappa shape index (κ2) is 5.65. The number of carbonyl (C=O) groups is 1. The van der Waals surface area contributed by atoms with E-state index in [1.54, 1.807) is 0 Å². The molecule has 1 rings (SSSR count). The van der Waals surface area contributed by atoms with Crippen LogP contribution in [0.15, 0.2) is 0 Å². The summed E-state index contributed by atoms with van der Waals surface area (Å²) < 4.78 is 0. The molecule has 1 aromatic rings. The molecule has 6 heteroatoms. The zero-order valence-corrected chi connectivity index (χ0v) is 9.67. The van der Waals surface area contributed by atoms with Crippen LogP contribution in [0.25, 0.3) is 0 Å². The minimum Gasteiger partial charge on any atom is -0.480 e. The maximum absolute atomic E-state index is 10.9. The van der Waals surface area contributed by atoms with Gasteiger partial charge in [-0.3, -0.25) is 0 Å². The van der Waals surface area contributed by atoms with Gasteiger partial charge in [0.1, 0.15) is 11.0 Å². The second-order valence-electron chi connectivity index (χ2n) is 3.30. The first kappa shape index (κ1) is 11.9. The fourth-order valence-electron chi connectivity index (χ4n) is 1.17. The van der Waals surface area contributed by atoms with E-state index in [2.05, 4.69) is 15.5 Å². The van der Waals surface area contributed by atoms with Crippen LogP contribution in [-0.2, 0) is 4.79 Å². The zero-order valence-electron chi connectivity index (χ0n) is 8.86. The van der Waals surface area contributed by atoms with Gasteiger partial charge in [-0.25, -0.2) is 4.79 Å². The number of carboxylic acid groups (broad SMARTS) is 1. The number of hydrogen-bond acceptors (Lipinski definition) is 5. The van der Waals surface area contributed by atoms with Crippen molar-refractivity contribution in [3.05, 3.63) is 5.01 Å². The van der Waals surface area contributed by atoms with E-state index in [0.717, 1.165) is 17.8 Å². The molecule has 1 heterocycles. The Morgan fingerprint density at radius 1 is 1.60 bits per heavy atom. The van der Waals surface area contributed by atoms with Gasteiger partial charge in [-0.15, -0.1) is 10.2 Å². The number of nitrogens with one attached hydrogen (secondary N) is 1. The quantitative estimate of drug-likeness (QED) is 0.779. The molecule has 0 aliphatic rings. The van der Waals surface area contributed by atoms with Crippen molar-refractivity contribution in [3.8, 4) is 0 Å². The van der Waals surface area contributed by atoms with E-state index in [9.17, 15) is 4.79 Å². The molecule has 0 saturated heterocycles. The zero-order chi connectivity index (χ0) is 11.3. The molecule has 1 aromatic heterocycles. The number of carboxylic acids is 1. The normalized spacial score (nSPS) is 12.4. The first-order chi connectivity index (χ1) is 7.13. The van der Waals surface area contributed by atoms with Gasteiger partial charge in [0, 0.05) is 0 Å². The molecule has 1 atom stereocenters. The van der Waals surface area contributed by atoms with E-state index < -0.39 is 12.0 Å². The molecule has 15 heavy (non-hydrogen) atoms. The minimum absolute atomic E-state index is 0.558. The average molecular weight is 229 g/mol. The molecule has 0 aliphatic carbocycles. The fourth-order valence-corrected chi connectivity index (χ4v) is 1.81. The molecule has 1 unspecified atom stereocenters. The lowest BCUT2D eigenvalue weighted by molar-refractivity contribution is -0.138. The van der Waals surface area contributed by atoms with Crippen LogP contribution in [0.5, 0.6) is 0 Å². The molecule has 0 aromatic carbocycles. The lowest BCUT2D eigenvalue weighted by atomic mass is 10.1. The summed E-state index contributed by atoms with van der Waals surface area (Å²) >= 11 is 1.37. The summed E-state index contributed by atoms with van der Waals surface area (Å²) in [5.74, 6) is -0.837. The smallest absolute Gasteiger partial charge is 0.326 e. The van der Waals surface area contributed by atoms with Crippen LogP contribution in [0.1, 0.15) is 31.2 Å². The van der Waals surface area contributed by atoms with Crippen LogP contribution < -0.4 is 5.32 Å². The van der Waals surface area contributed by atoms with Crippen molar-refractivity contribution in [2.45, 2.75) is 39.2 Å². The molecule has 0 fully saturated rings. The van der Waals surface area contributed by atoms with Gasteiger partial charge in [-0.05, 0) is 13.3 Å². The number of rotatable bonds is 6. The van der Waals surface area contributed by atoms with Crippen molar-refractivity contribution in [1.29, 1.82) is 0 Å². The SMILES string of the molecule is CCCCC(Nc1nnc(C)s1)C(=O)O. The molecular formula is C9H15N3O2S. The summed E-state index contributed by atoms with van der Waals surface area (Å²) in [6, 6.07) is -0.558. The van der Waals surface area contributed by atoms with Crippen molar-refractivity contribution in [2.75, 3.05) is 5.32 Å². The van der Waals surface area contributed by atoms with E-state index in [4.69, 9.17) is 5.11 Å². The Bertz CT molecular complexity index is 327. The number of aromatic nitrogens is 2. The maximum Gasteiger partial charge on any atom is 0.326 e. The fraction of sp³-hybridized carbons (Fsp3) is 0.667. The number of aliphatic carboxylic acids is 1. The molecule has 5 nitrogen and oxygen atoms in total. The summed E-state index contributed by atoms with van der Waals surface area (Å²) in [6.45, 7) is 3.87. The Hall–Kier alpha value is -1.17. The molecule has 0 bridgehead atoms. The standard InChI is InChI=1S/C9H15N3O2S/c1-3-4-5-7(8(13)14)10-9-12-11-6(2)15-9/h7H,3-5H2,1-2H3,(H,10,12)(H,13,14). The Balaban J connectivity index is 2.54. The van der Waals surface area contributed by atoms with Crippen LogP contribution in [0.4, 0.5) is 5.13 Å². The Kier molecular flexibility index (Phi) is 4.48. The first-order valence-corrected chi connectivity index (χ1v) is 5.74. The maximum atomic E-state index is 10.9. The van der Waals surface area contributed by atoms with Gasteiger partial charge < -0.3 is 10.4 Å². The third-order valence-corrected chi connectivity index (χ3v) is 2.74. The molecule has 2 N–H and O–H groups in total. The summed E-state index contributed by atoms with van der Waals surface area (Å²) in [5.41, 5.74) is 0. The van der Waals surface area contributed by atoms with Crippen LogP contribution >= 0.6 is 11.3 Å². The summed E-state index contributed by atoms with van der Waals surface area (Å²) in [7, 11) is 0. The van der Waals surface area contributed by atoms with Gasteiger partial charge in [0.25, 0.3) is 0 Å². The third kappa shape index (κ3) is 3.83. The van der Waals surface area contributed by atoms with Crippen LogP contribution in [-0.4, -0.2) is 27.3 Å². The largest absolute Gasteiger partial charge is 0.480 e. The first-order valence-electron chi connectivity index (χ1n) is 4.93. The topological polar surface area (TPSA) is 75.1 Å². The monoisotopic (exact) mass is 229 g/mol. The second-order valence-corrected chi connectivity index (χ2v) is 4.49. The van der Waals surface area contributed by atoms with Crippen molar-refractivity contribution in [2.24, 2.45) is 0 Å². The molecule has 0 saturated carbocycles. The van der Waals surface area contributed by atoms with E-state index in [1.165, 1.54) is 11.3 Å². The predicted molar refractivity (Wildman–Crippen MR) is 59.2 cm³/mol. The Labute approximate surface area is 92.5 Å². The van der Waals surface area contributed by atoms with E-state index >= 15 is 0 Å². The van der Waals surface area contributed by atoms with Crippen molar-refractivity contribution in [1.82, 2.24) is 10.2 Å². The highest BCUT2D eigenvalue weighted by Gasteiger charge is 2.17.